The van der Waals surface area contributed by atoms with Crippen LogP contribution in [0, 0.1) is 0 Å². The topological polar surface area (TPSA) is 82.2 Å². The zero-order valence-corrected chi connectivity index (χ0v) is 18.5. The van der Waals surface area contributed by atoms with Crippen molar-refractivity contribution in [2.45, 2.75) is 56.2 Å². The summed E-state index contributed by atoms with van der Waals surface area (Å²) in [5.41, 5.74) is 0.235. The molecule has 1 amide bonds. The van der Waals surface area contributed by atoms with Gasteiger partial charge in [-0.3, -0.25) is 9.36 Å². The van der Waals surface area contributed by atoms with Gasteiger partial charge in [0.25, 0.3) is 0 Å². The van der Waals surface area contributed by atoms with Gasteiger partial charge in [0.05, 0.1) is 12.0 Å². The highest BCUT2D eigenvalue weighted by Crippen LogP contribution is 2.35. The molecule has 4 rings (SSSR count). The number of furan rings is 1. The van der Waals surface area contributed by atoms with E-state index in [2.05, 4.69) is 20.3 Å². The van der Waals surface area contributed by atoms with Gasteiger partial charge in [0.2, 0.25) is 11.7 Å². The molecule has 7 nitrogen and oxygen atoms in total. The summed E-state index contributed by atoms with van der Waals surface area (Å²) < 4.78 is 49.4. The number of nitrogens with one attached hydrogen (secondary N) is 1. The van der Waals surface area contributed by atoms with E-state index in [4.69, 9.17) is 4.42 Å². The highest BCUT2D eigenvalue weighted by atomic mass is 32.2. The molecule has 0 atom stereocenters. The largest absolute Gasteiger partial charge is 0.573 e. The zero-order chi connectivity index (χ0) is 23.3. The number of hydrogen-bond acceptors (Lipinski definition) is 6. The van der Waals surface area contributed by atoms with Crippen LogP contribution < -0.4 is 10.1 Å². The number of nitrogens with zero attached hydrogens (tertiary/aromatic N) is 3. The molecule has 1 aliphatic carbocycles. The number of carbonyl (C=O) groups excluding carboxylic acids is 1. The Morgan fingerprint density at radius 3 is 2.67 bits per heavy atom. The first-order valence-electron chi connectivity index (χ1n) is 10.6. The predicted octanol–water partition coefficient (Wildman–Crippen LogP) is 5.35. The maximum atomic E-state index is 12.6. The van der Waals surface area contributed by atoms with Crippen LogP contribution in [0.4, 0.5) is 13.2 Å². The summed E-state index contributed by atoms with van der Waals surface area (Å²) in [4.78, 5) is 12.4. The molecule has 11 heteroatoms. The van der Waals surface area contributed by atoms with Crippen molar-refractivity contribution in [3.63, 3.8) is 0 Å². The molecule has 3 aromatic rings. The Bertz CT molecular complexity index is 1060. The van der Waals surface area contributed by atoms with Crippen molar-refractivity contribution in [1.29, 1.82) is 0 Å². The van der Waals surface area contributed by atoms with Gasteiger partial charge in [-0.15, -0.1) is 23.4 Å². The average Bonchev–Trinajstić information content (AvgIpc) is 3.46. The Hall–Kier alpha value is -2.95. The molecule has 176 valence electrons. The molecule has 0 radical (unpaired) electrons. The molecule has 1 saturated carbocycles. The Morgan fingerprint density at radius 1 is 1.15 bits per heavy atom. The number of amides is 1. The second kappa shape index (κ2) is 10.3. The summed E-state index contributed by atoms with van der Waals surface area (Å²) >= 11 is 1.24. The number of alkyl halides is 3. The minimum Gasteiger partial charge on any atom is -0.461 e. The minimum absolute atomic E-state index is 0.0469. The summed E-state index contributed by atoms with van der Waals surface area (Å²) in [6, 6.07) is 9.56. The number of hydrogen-bond donors (Lipinski definition) is 1. The minimum atomic E-state index is -4.80. The van der Waals surface area contributed by atoms with Crippen LogP contribution in [0.5, 0.6) is 5.75 Å². The molecule has 2 heterocycles. The first kappa shape index (κ1) is 23.2. The standard InChI is InChI=1S/C22H23F3N4O3S/c23-22(24,25)32-17-10-5-4-7-15(17)13-26-19(30)14-33-21-28-27-20(18-11-6-12-31-18)29(21)16-8-2-1-3-9-16/h4-7,10-12,16H,1-3,8-9,13-14H2,(H,26,30). The quantitative estimate of drug-likeness (QED) is 0.438. The number of rotatable bonds is 8. The molecule has 33 heavy (non-hydrogen) atoms. The highest BCUT2D eigenvalue weighted by molar-refractivity contribution is 7.99. The van der Waals surface area contributed by atoms with Crippen LogP contribution in [0.2, 0.25) is 0 Å². The van der Waals surface area contributed by atoms with Crippen molar-refractivity contribution in [2.75, 3.05) is 5.75 Å². The number of halogens is 3. The number of benzene rings is 1. The molecular weight excluding hydrogens is 457 g/mol. The van der Waals surface area contributed by atoms with E-state index in [0.717, 1.165) is 25.7 Å². The first-order valence-corrected chi connectivity index (χ1v) is 11.6. The fourth-order valence-corrected chi connectivity index (χ4v) is 4.70. The summed E-state index contributed by atoms with van der Waals surface area (Å²) in [6.45, 7) is -0.0847. The third-order valence-electron chi connectivity index (χ3n) is 5.35. The third kappa shape index (κ3) is 6.10. The van der Waals surface area contributed by atoms with Crippen LogP contribution in [-0.2, 0) is 11.3 Å². The predicted molar refractivity (Wildman–Crippen MR) is 116 cm³/mol. The van der Waals surface area contributed by atoms with Crippen LogP contribution in [0.3, 0.4) is 0 Å². The van der Waals surface area contributed by atoms with Crippen molar-refractivity contribution in [3.8, 4) is 17.3 Å². The molecule has 0 saturated heterocycles. The van der Waals surface area contributed by atoms with Crippen molar-refractivity contribution >= 4 is 17.7 Å². The number of thioether (sulfide) groups is 1. The fourth-order valence-electron chi connectivity index (χ4n) is 3.87. The van der Waals surface area contributed by atoms with Gasteiger partial charge in [0.1, 0.15) is 5.75 Å². The maximum Gasteiger partial charge on any atom is 0.573 e. The molecule has 1 aromatic carbocycles. The smallest absolute Gasteiger partial charge is 0.461 e. The molecule has 0 bridgehead atoms. The summed E-state index contributed by atoms with van der Waals surface area (Å²) in [7, 11) is 0. The number of carbonyl (C=O) groups is 1. The lowest BCUT2D eigenvalue weighted by atomic mass is 9.95. The maximum absolute atomic E-state index is 12.6. The van der Waals surface area contributed by atoms with Crippen molar-refractivity contribution in [3.05, 3.63) is 48.2 Å². The molecule has 2 aromatic heterocycles. The number of aromatic nitrogens is 3. The van der Waals surface area contributed by atoms with E-state index in [1.807, 2.05) is 10.6 Å². The number of para-hydroxylation sites is 1. The monoisotopic (exact) mass is 480 g/mol. The van der Waals surface area contributed by atoms with Gasteiger partial charge in [-0.2, -0.15) is 0 Å². The van der Waals surface area contributed by atoms with Crippen LogP contribution in [-0.4, -0.2) is 32.8 Å². The molecule has 1 fully saturated rings. The summed E-state index contributed by atoms with van der Waals surface area (Å²) in [5, 5.41) is 11.8. The van der Waals surface area contributed by atoms with Gasteiger partial charge < -0.3 is 14.5 Å². The van der Waals surface area contributed by atoms with Gasteiger partial charge in [0, 0.05) is 18.2 Å². The lowest BCUT2D eigenvalue weighted by molar-refractivity contribution is -0.274. The van der Waals surface area contributed by atoms with Crippen LogP contribution >= 0.6 is 11.8 Å². The lowest BCUT2D eigenvalue weighted by Crippen LogP contribution is -2.26. The van der Waals surface area contributed by atoms with Gasteiger partial charge in [-0.1, -0.05) is 49.2 Å². The van der Waals surface area contributed by atoms with Gasteiger partial charge in [-0.25, -0.2) is 0 Å². The molecule has 0 unspecified atom stereocenters. The Balaban J connectivity index is 1.41. The second-order valence-corrected chi connectivity index (χ2v) is 8.61. The summed E-state index contributed by atoms with van der Waals surface area (Å²) in [6.07, 6.45) is 2.21. The van der Waals surface area contributed by atoms with E-state index >= 15 is 0 Å². The van der Waals surface area contributed by atoms with Crippen molar-refractivity contribution in [2.24, 2.45) is 0 Å². The SMILES string of the molecule is O=C(CSc1nnc(-c2ccco2)n1C1CCCCC1)NCc1ccccc1OC(F)(F)F. The highest BCUT2D eigenvalue weighted by Gasteiger charge is 2.32. The fraction of sp³-hybridized carbons (Fsp3) is 0.409. The van der Waals surface area contributed by atoms with E-state index < -0.39 is 6.36 Å². The molecule has 0 aliphatic heterocycles. The van der Waals surface area contributed by atoms with Crippen LogP contribution in [0.15, 0.2) is 52.2 Å². The van der Waals surface area contributed by atoms with E-state index in [1.54, 1.807) is 18.4 Å². The van der Waals surface area contributed by atoms with E-state index in [1.165, 1.54) is 36.4 Å². The molecular formula is C22H23F3N4O3S. The van der Waals surface area contributed by atoms with Crippen LogP contribution in [0.25, 0.3) is 11.6 Å². The average molecular weight is 481 g/mol. The van der Waals surface area contributed by atoms with E-state index in [0.29, 0.717) is 16.7 Å². The number of ether oxygens (including phenoxy) is 1. The lowest BCUT2D eigenvalue weighted by Gasteiger charge is -2.25. The Kier molecular flexibility index (Phi) is 7.26. The molecule has 1 aliphatic rings. The Morgan fingerprint density at radius 2 is 1.94 bits per heavy atom. The van der Waals surface area contributed by atoms with Crippen molar-refractivity contribution < 1.29 is 27.1 Å². The van der Waals surface area contributed by atoms with Gasteiger partial charge >= 0.3 is 6.36 Å². The summed E-state index contributed by atoms with van der Waals surface area (Å²) in [5.74, 6) is 0.627. The second-order valence-electron chi connectivity index (χ2n) is 7.67. The third-order valence-corrected chi connectivity index (χ3v) is 6.30. The molecule has 1 N–H and O–H groups in total. The molecule has 0 spiro atoms. The zero-order valence-electron chi connectivity index (χ0n) is 17.7. The van der Waals surface area contributed by atoms with Crippen LogP contribution in [0.1, 0.15) is 43.7 Å². The van der Waals surface area contributed by atoms with E-state index in [-0.39, 0.29) is 35.6 Å². The van der Waals surface area contributed by atoms with Gasteiger partial charge in [-0.05, 0) is 31.0 Å². The first-order chi connectivity index (χ1) is 15.9. The van der Waals surface area contributed by atoms with Gasteiger partial charge in [0.15, 0.2) is 10.9 Å². The van der Waals surface area contributed by atoms with Crippen molar-refractivity contribution in [1.82, 2.24) is 20.1 Å². The normalized spacial score (nSPS) is 14.9. The van der Waals surface area contributed by atoms with E-state index in [9.17, 15) is 18.0 Å². The Labute approximate surface area is 192 Å².